The Labute approximate surface area is 162 Å². The number of benzene rings is 1. The Balaban J connectivity index is 1.81. The van der Waals surface area contributed by atoms with Crippen LogP contribution in [-0.2, 0) is 9.53 Å². The van der Waals surface area contributed by atoms with Crippen molar-refractivity contribution in [2.75, 3.05) is 39.3 Å². The second kappa shape index (κ2) is 9.64. The minimum Gasteiger partial charge on any atom is -0.450 e. The summed E-state index contributed by atoms with van der Waals surface area (Å²) in [6, 6.07) is 4.94. The van der Waals surface area contributed by atoms with Crippen LogP contribution >= 0.6 is 23.2 Å². The van der Waals surface area contributed by atoms with Crippen molar-refractivity contribution in [2.24, 2.45) is 0 Å². The van der Waals surface area contributed by atoms with Gasteiger partial charge >= 0.3 is 6.09 Å². The fraction of sp³-hybridized carbons (Fsp3) is 0.471. The Morgan fingerprint density at radius 1 is 1.12 bits per heavy atom. The van der Waals surface area contributed by atoms with Crippen LogP contribution in [0.4, 0.5) is 4.79 Å². The van der Waals surface area contributed by atoms with E-state index >= 15 is 0 Å². The van der Waals surface area contributed by atoms with Gasteiger partial charge in [0.2, 0.25) is 5.91 Å². The number of amides is 3. The van der Waals surface area contributed by atoms with E-state index in [2.05, 4.69) is 5.32 Å². The fourth-order valence-corrected chi connectivity index (χ4v) is 2.99. The summed E-state index contributed by atoms with van der Waals surface area (Å²) in [5.41, 5.74) is 0.359. The zero-order chi connectivity index (χ0) is 19.1. The molecule has 1 aromatic rings. The van der Waals surface area contributed by atoms with Crippen molar-refractivity contribution in [1.82, 2.24) is 15.1 Å². The largest absolute Gasteiger partial charge is 0.450 e. The minimum atomic E-state index is -0.533. The van der Waals surface area contributed by atoms with Crippen molar-refractivity contribution in [3.8, 4) is 0 Å². The molecule has 3 amide bonds. The first-order valence-electron chi connectivity index (χ1n) is 8.35. The van der Waals surface area contributed by atoms with E-state index in [9.17, 15) is 14.4 Å². The van der Waals surface area contributed by atoms with Gasteiger partial charge in [0.1, 0.15) is 0 Å². The van der Waals surface area contributed by atoms with Crippen LogP contribution in [0.15, 0.2) is 18.2 Å². The fourth-order valence-electron chi connectivity index (χ4n) is 2.61. The second-order valence-electron chi connectivity index (χ2n) is 5.67. The molecule has 142 valence electrons. The molecule has 0 unspecified atom stereocenters. The molecule has 1 heterocycles. The second-order valence-corrected chi connectivity index (χ2v) is 6.46. The molecule has 1 fully saturated rings. The highest BCUT2D eigenvalue weighted by atomic mass is 35.5. The molecule has 1 aliphatic rings. The first-order valence-corrected chi connectivity index (χ1v) is 9.11. The first kappa shape index (κ1) is 20.3. The van der Waals surface area contributed by atoms with E-state index in [0.717, 1.165) is 0 Å². The van der Waals surface area contributed by atoms with Crippen LogP contribution < -0.4 is 5.32 Å². The molecule has 0 aliphatic carbocycles. The summed E-state index contributed by atoms with van der Waals surface area (Å²) in [6.07, 6.45) is -0.346. The van der Waals surface area contributed by atoms with Crippen LogP contribution in [0.3, 0.4) is 0 Å². The van der Waals surface area contributed by atoms with Crippen molar-refractivity contribution in [2.45, 2.75) is 13.3 Å². The van der Waals surface area contributed by atoms with Gasteiger partial charge in [-0.05, 0) is 19.1 Å². The summed E-state index contributed by atoms with van der Waals surface area (Å²) in [5, 5.41) is 3.09. The number of rotatable bonds is 5. The lowest BCUT2D eigenvalue weighted by Gasteiger charge is -2.35. The van der Waals surface area contributed by atoms with E-state index in [0.29, 0.717) is 36.8 Å². The summed E-state index contributed by atoms with van der Waals surface area (Å²) < 4.78 is 4.73. The topological polar surface area (TPSA) is 79.0 Å². The van der Waals surface area contributed by atoms with Crippen LogP contribution in [0, 0.1) is 0 Å². The highest BCUT2D eigenvalue weighted by molar-refractivity contribution is 6.43. The van der Waals surface area contributed by atoms with Crippen molar-refractivity contribution in [1.29, 1.82) is 0 Å². The third-order valence-electron chi connectivity index (χ3n) is 3.99. The third-order valence-corrected chi connectivity index (χ3v) is 4.80. The molecule has 0 spiro atoms. The maximum atomic E-state index is 12.6. The molecule has 1 saturated heterocycles. The number of carbonyl (C=O) groups is 3. The Morgan fingerprint density at radius 3 is 2.42 bits per heavy atom. The standard InChI is InChI=1S/C17H21Cl2N3O4/c1-2-26-17(25)20-7-6-14(23)21-8-10-22(11-9-21)16(24)12-4-3-5-13(18)15(12)19/h3-5H,2,6-11H2,1H3,(H,20,25). The van der Waals surface area contributed by atoms with E-state index in [4.69, 9.17) is 27.9 Å². The quantitative estimate of drug-likeness (QED) is 0.821. The number of alkyl carbamates (subject to hydrolysis) is 1. The normalized spacial score (nSPS) is 14.1. The van der Waals surface area contributed by atoms with Gasteiger partial charge in [-0.25, -0.2) is 4.79 Å². The lowest BCUT2D eigenvalue weighted by atomic mass is 10.1. The van der Waals surface area contributed by atoms with Gasteiger partial charge in [0.25, 0.3) is 5.91 Å². The van der Waals surface area contributed by atoms with Gasteiger partial charge in [-0.1, -0.05) is 29.3 Å². The number of nitrogens with one attached hydrogen (secondary N) is 1. The summed E-state index contributed by atoms with van der Waals surface area (Å²) in [6.45, 7) is 3.91. The molecule has 0 atom stereocenters. The molecular weight excluding hydrogens is 381 g/mol. The van der Waals surface area contributed by atoms with Crippen molar-refractivity contribution >= 4 is 41.1 Å². The molecule has 0 bridgehead atoms. The number of ether oxygens (including phenoxy) is 1. The summed E-state index contributed by atoms with van der Waals surface area (Å²) in [5.74, 6) is -0.275. The molecule has 0 radical (unpaired) electrons. The summed E-state index contributed by atoms with van der Waals surface area (Å²) in [7, 11) is 0. The number of carbonyl (C=O) groups excluding carboxylic acids is 3. The predicted octanol–water partition coefficient (Wildman–Crippen LogP) is 2.41. The smallest absolute Gasteiger partial charge is 0.407 e. The first-order chi connectivity index (χ1) is 12.4. The van der Waals surface area contributed by atoms with Gasteiger partial charge in [-0.3, -0.25) is 9.59 Å². The predicted molar refractivity (Wildman–Crippen MR) is 98.6 cm³/mol. The van der Waals surface area contributed by atoms with Crippen LogP contribution in [-0.4, -0.2) is 67.0 Å². The molecule has 9 heteroatoms. The lowest BCUT2D eigenvalue weighted by molar-refractivity contribution is -0.132. The SMILES string of the molecule is CCOC(=O)NCCC(=O)N1CCN(C(=O)c2cccc(Cl)c2Cl)CC1. The highest BCUT2D eigenvalue weighted by Gasteiger charge is 2.26. The molecule has 0 aromatic heterocycles. The Hall–Kier alpha value is -1.99. The number of halogens is 2. The molecule has 2 rings (SSSR count). The average Bonchev–Trinajstić information content (AvgIpc) is 2.63. The Morgan fingerprint density at radius 2 is 1.77 bits per heavy atom. The maximum Gasteiger partial charge on any atom is 0.407 e. The van der Waals surface area contributed by atoms with Gasteiger partial charge in [-0.15, -0.1) is 0 Å². The van der Waals surface area contributed by atoms with Crippen molar-refractivity contribution in [3.63, 3.8) is 0 Å². The summed E-state index contributed by atoms with van der Waals surface area (Å²) >= 11 is 12.1. The van der Waals surface area contributed by atoms with Gasteiger partial charge in [-0.2, -0.15) is 0 Å². The van der Waals surface area contributed by atoms with Crippen LogP contribution in [0.2, 0.25) is 10.0 Å². The van der Waals surface area contributed by atoms with Crippen LogP contribution in [0.25, 0.3) is 0 Å². The van der Waals surface area contributed by atoms with E-state index in [-0.39, 0.29) is 36.4 Å². The van der Waals surface area contributed by atoms with E-state index < -0.39 is 6.09 Å². The maximum absolute atomic E-state index is 12.6. The van der Waals surface area contributed by atoms with Gasteiger partial charge in [0.05, 0.1) is 22.2 Å². The highest BCUT2D eigenvalue weighted by Crippen LogP contribution is 2.26. The zero-order valence-electron chi connectivity index (χ0n) is 14.5. The molecule has 1 N–H and O–H groups in total. The minimum absolute atomic E-state index is 0.0744. The van der Waals surface area contributed by atoms with E-state index in [1.807, 2.05) is 0 Å². The van der Waals surface area contributed by atoms with E-state index in [1.54, 1.807) is 34.9 Å². The van der Waals surface area contributed by atoms with Crippen molar-refractivity contribution < 1.29 is 19.1 Å². The molecule has 1 aromatic carbocycles. The number of hydrogen-bond acceptors (Lipinski definition) is 4. The van der Waals surface area contributed by atoms with Crippen LogP contribution in [0.5, 0.6) is 0 Å². The number of piperazine rings is 1. The average molecular weight is 402 g/mol. The molecule has 26 heavy (non-hydrogen) atoms. The number of hydrogen-bond donors (Lipinski definition) is 1. The molecular formula is C17H21Cl2N3O4. The van der Waals surface area contributed by atoms with Gasteiger partial charge in [0, 0.05) is 39.1 Å². The third kappa shape index (κ3) is 5.25. The monoisotopic (exact) mass is 401 g/mol. The van der Waals surface area contributed by atoms with E-state index in [1.165, 1.54) is 0 Å². The van der Waals surface area contributed by atoms with Crippen LogP contribution in [0.1, 0.15) is 23.7 Å². The van der Waals surface area contributed by atoms with Gasteiger partial charge in [0.15, 0.2) is 0 Å². The summed E-state index contributed by atoms with van der Waals surface area (Å²) in [4.78, 5) is 39.3. The van der Waals surface area contributed by atoms with Gasteiger partial charge < -0.3 is 19.9 Å². The lowest BCUT2D eigenvalue weighted by Crippen LogP contribution is -2.51. The van der Waals surface area contributed by atoms with Crippen molar-refractivity contribution in [3.05, 3.63) is 33.8 Å². The molecule has 7 nitrogen and oxygen atoms in total. The number of nitrogens with zero attached hydrogens (tertiary/aromatic N) is 2. The zero-order valence-corrected chi connectivity index (χ0v) is 16.0. The Bertz CT molecular complexity index is 676. The Kier molecular flexibility index (Phi) is 7.53. The molecule has 0 saturated carbocycles. The molecule has 1 aliphatic heterocycles.